The van der Waals surface area contributed by atoms with E-state index in [1.165, 1.54) is 24.7 Å². The lowest BCUT2D eigenvalue weighted by atomic mass is 10.2. The highest BCUT2D eigenvalue weighted by Gasteiger charge is 2.17. The molecular weight excluding hydrogens is 286 g/mol. The molecule has 3 rings (SSSR count). The predicted molar refractivity (Wildman–Crippen MR) is 79.9 cm³/mol. The van der Waals surface area contributed by atoms with Crippen LogP contribution in [0.4, 0.5) is 0 Å². The minimum absolute atomic E-state index is 0.229. The maximum atomic E-state index is 11.9. The van der Waals surface area contributed by atoms with Crippen molar-refractivity contribution in [2.75, 3.05) is 6.26 Å². The van der Waals surface area contributed by atoms with E-state index in [9.17, 15) is 8.42 Å². The summed E-state index contributed by atoms with van der Waals surface area (Å²) in [6, 6.07) is 11.1. The fraction of sp³-hybridized carbons (Fsp3) is 0.0667. The van der Waals surface area contributed by atoms with E-state index in [0.717, 1.165) is 5.56 Å². The van der Waals surface area contributed by atoms with Gasteiger partial charge >= 0.3 is 0 Å². The van der Waals surface area contributed by atoms with Gasteiger partial charge in [0.15, 0.2) is 9.84 Å². The number of benzene rings is 1. The standard InChI is InChI=1S/C15H13N3O2S/c1-21(19,20)14-7-8-16-11-13(14)18-10-9-17-15(18)12-5-3-2-4-6-12/h2-11H,1H3. The lowest BCUT2D eigenvalue weighted by Gasteiger charge is -2.11. The van der Waals surface area contributed by atoms with Gasteiger partial charge in [-0.05, 0) is 6.07 Å². The number of hydrogen-bond acceptors (Lipinski definition) is 4. The largest absolute Gasteiger partial charge is 0.297 e. The number of imidazole rings is 1. The van der Waals surface area contributed by atoms with Crippen LogP contribution in [0.15, 0.2) is 66.1 Å². The van der Waals surface area contributed by atoms with Gasteiger partial charge in [0.25, 0.3) is 0 Å². The molecule has 0 aliphatic heterocycles. The van der Waals surface area contributed by atoms with E-state index in [0.29, 0.717) is 11.5 Å². The first-order valence-corrected chi connectivity index (χ1v) is 8.20. The monoisotopic (exact) mass is 299 g/mol. The zero-order valence-corrected chi connectivity index (χ0v) is 12.2. The van der Waals surface area contributed by atoms with E-state index in [-0.39, 0.29) is 4.90 Å². The van der Waals surface area contributed by atoms with Gasteiger partial charge in [-0.1, -0.05) is 30.3 Å². The maximum Gasteiger partial charge on any atom is 0.177 e. The fourth-order valence-corrected chi connectivity index (χ4v) is 3.01. The average Bonchev–Trinajstić information content (AvgIpc) is 2.96. The van der Waals surface area contributed by atoms with Crippen LogP contribution in [0.2, 0.25) is 0 Å². The lowest BCUT2D eigenvalue weighted by molar-refractivity contribution is 0.601. The Bertz CT molecular complexity index is 871. The van der Waals surface area contributed by atoms with Gasteiger partial charge in [-0.15, -0.1) is 0 Å². The molecule has 6 heteroatoms. The van der Waals surface area contributed by atoms with Crippen LogP contribution in [0.3, 0.4) is 0 Å². The first-order chi connectivity index (χ1) is 10.1. The zero-order chi connectivity index (χ0) is 14.9. The second-order valence-corrected chi connectivity index (χ2v) is 6.59. The minimum Gasteiger partial charge on any atom is -0.297 e. The highest BCUT2D eigenvalue weighted by Crippen LogP contribution is 2.25. The second-order valence-electron chi connectivity index (χ2n) is 4.60. The molecule has 106 valence electrons. The summed E-state index contributed by atoms with van der Waals surface area (Å²) in [5, 5.41) is 0. The second kappa shape index (κ2) is 5.14. The minimum atomic E-state index is -3.35. The molecule has 0 spiro atoms. The number of pyridine rings is 1. The molecule has 2 heterocycles. The van der Waals surface area contributed by atoms with Gasteiger partial charge < -0.3 is 0 Å². The van der Waals surface area contributed by atoms with Crippen LogP contribution in [-0.4, -0.2) is 29.2 Å². The first-order valence-electron chi connectivity index (χ1n) is 6.30. The summed E-state index contributed by atoms with van der Waals surface area (Å²) >= 11 is 0. The Morgan fingerprint density at radius 2 is 1.81 bits per heavy atom. The average molecular weight is 299 g/mol. The van der Waals surface area contributed by atoms with Crippen molar-refractivity contribution in [2.45, 2.75) is 4.90 Å². The normalized spacial score (nSPS) is 11.5. The van der Waals surface area contributed by atoms with Crippen molar-refractivity contribution in [2.24, 2.45) is 0 Å². The quantitative estimate of drug-likeness (QED) is 0.744. The van der Waals surface area contributed by atoms with Crippen molar-refractivity contribution in [3.63, 3.8) is 0 Å². The molecule has 2 aromatic heterocycles. The number of rotatable bonds is 3. The van der Waals surface area contributed by atoms with E-state index in [1.807, 2.05) is 30.3 Å². The van der Waals surface area contributed by atoms with Crippen molar-refractivity contribution in [1.29, 1.82) is 0 Å². The Morgan fingerprint density at radius 3 is 2.52 bits per heavy atom. The van der Waals surface area contributed by atoms with Crippen molar-refractivity contribution in [3.8, 4) is 17.1 Å². The topological polar surface area (TPSA) is 64.8 Å². The Labute approximate surface area is 122 Å². The first kappa shape index (κ1) is 13.5. The summed E-state index contributed by atoms with van der Waals surface area (Å²) in [5.41, 5.74) is 1.40. The molecule has 0 saturated heterocycles. The van der Waals surface area contributed by atoms with E-state index >= 15 is 0 Å². The van der Waals surface area contributed by atoms with Crippen LogP contribution < -0.4 is 0 Å². The molecule has 0 aliphatic carbocycles. The molecule has 0 amide bonds. The SMILES string of the molecule is CS(=O)(=O)c1ccncc1-n1ccnc1-c1ccccc1. The Hall–Kier alpha value is -2.47. The highest BCUT2D eigenvalue weighted by atomic mass is 32.2. The smallest absolute Gasteiger partial charge is 0.177 e. The fourth-order valence-electron chi connectivity index (χ4n) is 2.17. The number of sulfone groups is 1. The number of nitrogens with zero attached hydrogens (tertiary/aromatic N) is 3. The van der Waals surface area contributed by atoms with Gasteiger partial charge in [-0.2, -0.15) is 0 Å². The summed E-state index contributed by atoms with van der Waals surface area (Å²) in [4.78, 5) is 8.59. The van der Waals surface area contributed by atoms with Crippen molar-refractivity contribution < 1.29 is 8.42 Å². The summed E-state index contributed by atoms with van der Waals surface area (Å²) in [6.07, 6.45) is 7.56. The molecule has 0 bridgehead atoms. The van der Waals surface area contributed by atoms with E-state index in [4.69, 9.17) is 0 Å². The molecule has 5 nitrogen and oxygen atoms in total. The van der Waals surface area contributed by atoms with Gasteiger partial charge in [0.05, 0.1) is 16.8 Å². The number of aromatic nitrogens is 3. The maximum absolute atomic E-state index is 11.9. The van der Waals surface area contributed by atoms with Gasteiger partial charge in [0.2, 0.25) is 0 Å². The molecule has 0 saturated carbocycles. The van der Waals surface area contributed by atoms with Crippen LogP contribution in [0.25, 0.3) is 17.1 Å². The predicted octanol–water partition coefficient (Wildman–Crippen LogP) is 2.34. The Kier molecular flexibility index (Phi) is 3.31. The summed E-state index contributed by atoms with van der Waals surface area (Å²) in [5.74, 6) is 0.675. The lowest BCUT2D eigenvalue weighted by Crippen LogP contribution is -2.06. The van der Waals surface area contributed by atoms with Gasteiger partial charge in [-0.25, -0.2) is 13.4 Å². The molecule has 0 atom stereocenters. The highest BCUT2D eigenvalue weighted by molar-refractivity contribution is 7.90. The van der Waals surface area contributed by atoms with Crippen LogP contribution in [0.1, 0.15) is 0 Å². The Balaban J connectivity index is 2.23. The van der Waals surface area contributed by atoms with Gasteiger partial charge in [-0.3, -0.25) is 9.55 Å². The van der Waals surface area contributed by atoms with Crippen LogP contribution in [0, 0.1) is 0 Å². The molecule has 0 fully saturated rings. The summed E-state index contributed by atoms with van der Waals surface area (Å²) in [7, 11) is -3.35. The van der Waals surface area contributed by atoms with Crippen LogP contribution in [0.5, 0.6) is 0 Å². The van der Waals surface area contributed by atoms with Crippen molar-refractivity contribution in [1.82, 2.24) is 14.5 Å². The molecule has 0 aliphatic rings. The summed E-state index contributed by atoms with van der Waals surface area (Å²) < 4.78 is 25.6. The van der Waals surface area contributed by atoms with Gasteiger partial charge in [0.1, 0.15) is 5.82 Å². The molecule has 0 radical (unpaired) electrons. The third-order valence-corrected chi connectivity index (χ3v) is 4.24. The van der Waals surface area contributed by atoms with Crippen LogP contribution in [-0.2, 0) is 9.84 Å². The summed E-state index contributed by atoms with van der Waals surface area (Å²) in [6.45, 7) is 0. The third kappa shape index (κ3) is 2.57. The van der Waals surface area contributed by atoms with E-state index < -0.39 is 9.84 Å². The van der Waals surface area contributed by atoms with E-state index in [2.05, 4.69) is 9.97 Å². The zero-order valence-electron chi connectivity index (χ0n) is 11.3. The van der Waals surface area contributed by atoms with Crippen LogP contribution >= 0.6 is 0 Å². The molecule has 0 N–H and O–H groups in total. The molecule has 0 unspecified atom stereocenters. The molecule has 21 heavy (non-hydrogen) atoms. The molecule has 1 aromatic carbocycles. The molecular formula is C15H13N3O2S. The number of hydrogen-bond donors (Lipinski definition) is 0. The van der Waals surface area contributed by atoms with Crippen molar-refractivity contribution in [3.05, 3.63) is 61.2 Å². The third-order valence-electron chi connectivity index (χ3n) is 3.09. The Morgan fingerprint density at radius 1 is 1.05 bits per heavy atom. The van der Waals surface area contributed by atoms with Gasteiger partial charge in [0, 0.05) is 30.4 Å². The molecule has 3 aromatic rings. The van der Waals surface area contributed by atoms with E-state index in [1.54, 1.807) is 17.0 Å². The van der Waals surface area contributed by atoms with Crippen molar-refractivity contribution >= 4 is 9.84 Å².